The van der Waals surface area contributed by atoms with Crippen molar-refractivity contribution < 1.29 is 9.47 Å². The molecular weight excluding hydrogens is 238 g/mol. The Morgan fingerprint density at radius 2 is 1.47 bits per heavy atom. The molecular formula is C16H27NO2. The summed E-state index contributed by atoms with van der Waals surface area (Å²) in [6, 6.07) is 0. The van der Waals surface area contributed by atoms with Crippen LogP contribution in [0.5, 0.6) is 0 Å². The van der Waals surface area contributed by atoms with Crippen molar-refractivity contribution in [1.82, 2.24) is 0 Å². The largest absolute Gasteiger partial charge is 0.347 e. The van der Waals surface area contributed by atoms with Crippen LogP contribution in [0.4, 0.5) is 0 Å². The predicted molar refractivity (Wildman–Crippen MR) is 73.5 cm³/mol. The molecule has 0 radical (unpaired) electrons. The van der Waals surface area contributed by atoms with Gasteiger partial charge in [0.15, 0.2) is 5.79 Å². The van der Waals surface area contributed by atoms with Gasteiger partial charge in [-0.2, -0.15) is 0 Å². The summed E-state index contributed by atoms with van der Waals surface area (Å²) in [5.74, 6) is 4.18. The Labute approximate surface area is 116 Å². The molecule has 0 amide bonds. The van der Waals surface area contributed by atoms with Crippen LogP contribution in [0.15, 0.2) is 0 Å². The first kappa shape index (κ1) is 12.6. The van der Waals surface area contributed by atoms with Gasteiger partial charge in [-0.3, -0.25) is 0 Å². The summed E-state index contributed by atoms with van der Waals surface area (Å²) in [6.07, 6.45) is 9.31. The summed E-state index contributed by atoms with van der Waals surface area (Å²) in [5, 5.41) is 0. The highest BCUT2D eigenvalue weighted by Crippen LogP contribution is 2.60. The van der Waals surface area contributed by atoms with Crippen molar-refractivity contribution in [2.45, 2.75) is 50.7 Å². The Hall–Kier alpha value is -0.120. The molecule has 19 heavy (non-hydrogen) atoms. The molecule has 0 aromatic rings. The predicted octanol–water partition coefficient (Wildman–Crippen LogP) is 2.54. The highest BCUT2D eigenvalue weighted by molar-refractivity contribution is 5.03. The van der Waals surface area contributed by atoms with Gasteiger partial charge in [-0.1, -0.05) is 0 Å². The molecule has 4 saturated carbocycles. The van der Waals surface area contributed by atoms with Crippen LogP contribution in [0.3, 0.4) is 0 Å². The van der Waals surface area contributed by atoms with Gasteiger partial charge in [0, 0.05) is 12.3 Å². The standard InChI is InChI=1S/C16H27NO2/c17-3-1-2-16(18-4-5-19-16)15-13-7-11-6-12(9-13)10-14(15)8-11/h11-15H,1-10,17H2. The summed E-state index contributed by atoms with van der Waals surface area (Å²) < 4.78 is 12.4. The van der Waals surface area contributed by atoms with Crippen LogP contribution in [0.25, 0.3) is 0 Å². The Balaban J connectivity index is 1.59. The second-order valence-corrected chi connectivity index (χ2v) is 7.36. The topological polar surface area (TPSA) is 44.5 Å². The van der Waals surface area contributed by atoms with Gasteiger partial charge in [-0.05, 0) is 68.7 Å². The van der Waals surface area contributed by atoms with E-state index in [1.54, 1.807) is 0 Å². The second-order valence-electron chi connectivity index (χ2n) is 7.36. The quantitative estimate of drug-likeness (QED) is 0.849. The average Bonchev–Trinajstić information content (AvgIpc) is 2.85. The molecule has 3 heteroatoms. The molecule has 0 spiro atoms. The van der Waals surface area contributed by atoms with Gasteiger partial charge in [0.2, 0.25) is 0 Å². The first-order valence-electron chi connectivity index (χ1n) is 8.29. The van der Waals surface area contributed by atoms with E-state index in [-0.39, 0.29) is 5.79 Å². The maximum atomic E-state index is 6.19. The van der Waals surface area contributed by atoms with E-state index in [1.807, 2.05) is 0 Å². The van der Waals surface area contributed by atoms with Gasteiger partial charge in [0.25, 0.3) is 0 Å². The summed E-state index contributed by atoms with van der Waals surface area (Å²) in [7, 11) is 0. The molecule has 0 aromatic heterocycles. The van der Waals surface area contributed by atoms with E-state index in [0.29, 0.717) is 5.92 Å². The maximum absolute atomic E-state index is 6.19. The van der Waals surface area contributed by atoms with E-state index in [1.165, 1.54) is 32.1 Å². The van der Waals surface area contributed by atoms with Gasteiger partial charge in [0.05, 0.1) is 13.2 Å². The normalized spacial score (nSPS) is 46.9. The zero-order valence-corrected chi connectivity index (χ0v) is 11.9. The van der Waals surface area contributed by atoms with Gasteiger partial charge >= 0.3 is 0 Å². The fourth-order valence-electron chi connectivity index (χ4n) is 5.97. The number of ether oxygens (including phenoxy) is 2. The van der Waals surface area contributed by atoms with Crippen molar-refractivity contribution in [2.24, 2.45) is 35.3 Å². The molecule has 2 N–H and O–H groups in total. The highest BCUT2D eigenvalue weighted by atomic mass is 16.7. The molecule has 1 aliphatic heterocycles. The molecule has 3 nitrogen and oxygen atoms in total. The zero-order valence-electron chi connectivity index (χ0n) is 11.9. The lowest BCUT2D eigenvalue weighted by molar-refractivity contribution is -0.253. The second kappa shape index (κ2) is 4.71. The molecule has 4 bridgehead atoms. The van der Waals surface area contributed by atoms with Crippen LogP contribution in [0.1, 0.15) is 44.9 Å². The highest BCUT2D eigenvalue weighted by Gasteiger charge is 2.57. The number of nitrogens with two attached hydrogens (primary N) is 1. The molecule has 108 valence electrons. The molecule has 1 saturated heterocycles. The van der Waals surface area contributed by atoms with E-state index in [2.05, 4.69) is 0 Å². The molecule has 5 rings (SSSR count). The van der Waals surface area contributed by atoms with E-state index < -0.39 is 0 Å². The van der Waals surface area contributed by atoms with Crippen molar-refractivity contribution in [3.8, 4) is 0 Å². The number of hydrogen-bond acceptors (Lipinski definition) is 3. The van der Waals surface area contributed by atoms with Gasteiger partial charge in [-0.15, -0.1) is 0 Å². The summed E-state index contributed by atoms with van der Waals surface area (Å²) in [5.41, 5.74) is 5.73. The Morgan fingerprint density at radius 1 is 0.895 bits per heavy atom. The van der Waals surface area contributed by atoms with E-state index in [4.69, 9.17) is 15.2 Å². The van der Waals surface area contributed by atoms with Crippen molar-refractivity contribution in [3.63, 3.8) is 0 Å². The lowest BCUT2D eigenvalue weighted by atomic mass is 9.50. The number of hydrogen-bond donors (Lipinski definition) is 1. The Bertz CT molecular complexity index is 310. The van der Waals surface area contributed by atoms with E-state index in [9.17, 15) is 0 Å². The van der Waals surface area contributed by atoms with Crippen molar-refractivity contribution in [1.29, 1.82) is 0 Å². The van der Waals surface area contributed by atoms with Crippen molar-refractivity contribution in [2.75, 3.05) is 19.8 Å². The van der Waals surface area contributed by atoms with Crippen LogP contribution in [0, 0.1) is 29.6 Å². The van der Waals surface area contributed by atoms with Crippen LogP contribution in [-0.2, 0) is 9.47 Å². The van der Waals surface area contributed by atoms with E-state index in [0.717, 1.165) is 56.3 Å². The molecule has 0 unspecified atom stereocenters. The van der Waals surface area contributed by atoms with Gasteiger partial charge < -0.3 is 15.2 Å². The summed E-state index contributed by atoms with van der Waals surface area (Å²) >= 11 is 0. The third-order valence-corrected chi connectivity index (χ3v) is 6.24. The maximum Gasteiger partial charge on any atom is 0.171 e. The molecule has 5 aliphatic rings. The fraction of sp³-hybridized carbons (Fsp3) is 1.00. The number of rotatable bonds is 4. The Morgan fingerprint density at radius 3 is 2.00 bits per heavy atom. The minimum atomic E-state index is -0.262. The zero-order chi connectivity index (χ0) is 12.9. The molecule has 1 heterocycles. The monoisotopic (exact) mass is 265 g/mol. The van der Waals surface area contributed by atoms with Crippen LogP contribution in [-0.4, -0.2) is 25.5 Å². The Kier molecular flexibility index (Phi) is 3.13. The van der Waals surface area contributed by atoms with Crippen molar-refractivity contribution >= 4 is 0 Å². The smallest absolute Gasteiger partial charge is 0.171 e. The van der Waals surface area contributed by atoms with Gasteiger partial charge in [-0.25, -0.2) is 0 Å². The van der Waals surface area contributed by atoms with Crippen LogP contribution >= 0.6 is 0 Å². The third kappa shape index (κ3) is 1.97. The summed E-state index contributed by atoms with van der Waals surface area (Å²) in [6.45, 7) is 2.32. The minimum Gasteiger partial charge on any atom is -0.347 e. The SMILES string of the molecule is NCCCC1(C2C3CC4CC(C3)CC2C4)OCCO1. The van der Waals surface area contributed by atoms with E-state index >= 15 is 0 Å². The minimum absolute atomic E-state index is 0.262. The molecule has 0 atom stereocenters. The van der Waals surface area contributed by atoms with Gasteiger partial charge in [0.1, 0.15) is 0 Å². The van der Waals surface area contributed by atoms with Crippen LogP contribution in [0.2, 0.25) is 0 Å². The first-order chi connectivity index (χ1) is 9.31. The molecule has 5 fully saturated rings. The molecule has 4 aliphatic carbocycles. The first-order valence-corrected chi connectivity index (χ1v) is 8.29. The fourth-order valence-corrected chi connectivity index (χ4v) is 5.97. The third-order valence-electron chi connectivity index (χ3n) is 6.24. The lowest BCUT2D eigenvalue weighted by Crippen LogP contribution is -2.55. The summed E-state index contributed by atoms with van der Waals surface area (Å²) in [4.78, 5) is 0. The molecule has 0 aromatic carbocycles. The van der Waals surface area contributed by atoms with Crippen molar-refractivity contribution in [3.05, 3.63) is 0 Å². The average molecular weight is 265 g/mol. The van der Waals surface area contributed by atoms with Crippen LogP contribution < -0.4 is 5.73 Å². The lowest BCUT2D eigenvalue weighted by Gasteiger charge is -2.58.